The van der Waals surface area contributed by atoms with E-state index in [4.69, 9.17) is 0 Å². The normalized spacial score (nSPS) is 11.6. The van der Waals surface area contributed by atoms with Crippen molar-refractivity contribution in [3.05, 3.63) is 41.6 Å². The van der Waals surface area contributed by atoms with Crippen molar-refractivity contribution in [2.45, 2.75) is 53.4 Å². The first-order chi connectivity index (χ1) is 11.2. The SMILES string of the molecule is Cc1cc(Nc2ccc(C(C)(C)C)cc2)nc(NCCC(C)C)n1. The lowest BCUT2D eigenvalue weighted by molar-refractivity contribution is 0.590. The summed E-state index contributed by atoms with van der Waals surface area (Å²) in [5.74, 6) is 2.17. The Hall–Kier alpha value is -2.10. The van der Waals surface area contributed by atoms with E-state index in [-0.39, 0.29) is 5.41 Å². The van der Waals surface area contributed by atoms with Gasteiger partial charge < -0.3 is 10.6 Å². The van der Waals surface area contributed by atoms with Gasteiger partial charge in [-0.25, -0.2) is 4.98 Å². The summed E-state index contributed by atoms with van der Waals surface area (Å²) in [4.78, 5) is 9.02. The molecule has 0 fully saturated rings. The smallest absolute Gasteiger partial charge is 0.224 e. The number of rotatable bonds is 6. The Balaban J connectivity index is 2.07. The van der Waals surface area contributed by atoms with Crippen LogP contribution in [-0.2, 0) is 5.41 Å². The number of benzene rings is 1. The van der Waals surface area contributed by atoms with E-state index >= 15 is 0 Å². The van der Waals surface area contributed by atoms with Crippen LogP contribution in [0.25, 0.3) is 0 Å². The van der Waals surface area contributed by atoms with Crippen molar-refractivity contribution in [1.29, 1.82) is 0 Å². The van der Waals surface area contributed by atoms with Crippen LogP contribution in [-0.4, -0.2) is 16.5 Å². The number of hydrogen-bond acceptors (Lipinski definition) is 4. The van der Waals surface area contributed by atoms with Crippen molar-refractivity contribution in [1.82, 2.24) is 9.97 Å². The van der Waals surface area contributed by atoms with Gasteiger partial charge in [-0.05, 0) is 42.4 Å². The maximum Gasteiger partial charge on any atom is 0.224 e. The van der Waals surface area contributed by atoms with E-state index in [0.717, 1.165) is 30.2 Å². The Bertz CT molecular complexity index is 654. The minimum atomic E-state index is 0.164. The first-order valence-corrected chi connectivity index (χ1v) is 8.71. The van der Waals surface area contributed by atoms with E-state index in [1.54, 1.807) is 0 Å². The number of aromatic nitrogens is 2. The molecular weight excluding hydrogens is 296 g/mol. The van der Waals surface area contributed by atoms with E-state index in [2.05, 4.69) is 79.5 Å². The minimum Gasteiger partial charge on any atom is -0.354 e. The van der Waals surface area contributed by atoms with Crippen molar-refractivity contribution in [3.63, 3.8) is 0 Å². The predicted octanol–water partition coefficient (Wildman–Crippen LogP) is 5.28. The molecule has 1 aromatic heterocycles. The standard InChI is InChI=1S/C20H30N4/c1-14(2)11-12-21-19-22-15(3)13-18(24-19)23-17-9-7-16(8-10-17)20(4,5)6/h7-10,13-14H,11-12H2,1-6H3,(H2,21,22,23,24). The molecule has 0 amide bonds. The lowest BCUT2D eigenvalue weighted by Gasteiger charge is -2.19. The van der Waals surface area contributed by atoms with Gasteiger partial charge in [0.1, 0.15) is 5.82 Å². The molecule has 0 radical (unpaired) electrons. The van der Waals surface area contributed by atoms with Gasteiger partial charge in [0.15, 0.2) is 0 Å². The minimum absolute atomic E-state index is 0.164. The zero-order valence-electron chi connectivity index (χ0n) is 15.8. The molecule has 2 N–H and O–H groups in total. The number of nitrogens with zero attached hydrogens (tertiary/aromatic N) is 2. The van der Waals surface area contributed by atoms with Crippen molar-refractivity contribution in [2.75, 3.05) is 17.2 Å². The van der Waals surface area contributed by atoms with Crippen LogP contribution in [0.4, 0.5) is 17.5 Å². The molecule has 0 saturated heterocycles. The molecule has 1 heterocycles. The van der Waals surface area contributed by atoms with Gasteiger partial charge >= 0.3 is 0 Å². The van der Waals surface area contributed by atoms with Crippen LogP contribution < -0.4 is 10.6 Å². The maximum absolute atomic E-state index is 4.56. The highest BCUT2D eigenvalue weighted by molar-refractivity contribution is 5.58. The second kappa shape index (κ2) is 7.65. The van der Waals surface area contributed by atoms with Crippen LogP contribution in [0.15, 0.2) is 30.3 Å². The van der Waals surface area contributed by atoms with Crippen LogP contribution in [0.5, 0.6) is 0 Å². The number of hydrogen-bond donors (Lipinski definition) is 2. The van der Waals surface area contributed by atoms with Gasteiger partial charge in [0.2, 0.25) is 5.95 Å². The Labute approximate surface area is 146 Å². The van der Waals surface area contributed by atoms with Crippen LogP contribution in [0.3, 0.4) is 0 Å². The molecule has 2 rings (SSSR count). The fourth-order valence-electron chi connectivity index (χ4n) is 2.39. The fraction of sp³-hybridized carbons (Fsp3) is 0.500. The second-order valence-corrected chi connectivity index (χ2v) is 7.78. The summed E-state index contributed by atoms with van der Waals surface area (Å²) in [5, 5.41) is 6.68. The highest BCUT2D eigenvalue weighted by Gasteiger charge is 2.13. The molecule has 0 saturated carbocycles. The first-order valence-electron chi connectivity index (χ1n) is 8.71. The van der Waals surface area contributed by atoms with Crippen molar-refractivity contribution in [3.8, 4) is 0 Å². The fourth-order valence-corrected chi connectivity index (χ4v) is 2.39. The number of anilines is 3. The summed E-state index contributed by atoms with van der Waals surface area (Å²) in [7, 11) is 0. The van der Waals surface area contributed by atoms with Gasteiger partial charge in [-0.15, -0.1) is 0 Å². The molecule has 1 aromatic carbocycles. The average Bonchev–Trinajstić information content (AvgIpc) is 2.46. The summed E-state index contributed by atoms with van der Waals surface area (Å²) in [6, 6.07) is 10.5. The van der Waals surface area contributed by atoms with Crippen LogP contribution in [0, 0.1) is 12.8 Å². The van der Waals surface area contributed by atoms with Gasteiger partial charge in [0.05, 0.1) is 0 Å². The molecule has 4 heteroatoms. The average molecular weight is 326 g/mol. The van der Waals surface area contributed by atoms with Crippen molar-refractivity contribution in [2.24, 2.45) is 5.92 Å². The summed E-state index contributed by atoms with van der Waals surface area (Å²) < 4.78 is 0. The van der Waals surface area contributed by atoms with Gasteiger partial charge in [0, 0.05) is 24.0 Å². The van der Waals surface area contributed by atoms with Crippen LogP contribution in [0.2, 0.25) is 0 Å². The lowest BCUT2D eigenvalue weighted by Crippen LogP contribution is -2.11. The molecular formula is C20H30N4. The van der Waals surface area contributed by atoms with Crippen LogP contribution >= 0.6 is 0 Å². The largest absolute Gasteiger partial charge is 0.354 e. The first kappa shape index (κ1) is 18.2. The Morgan fingerprint density at radius 2 is 1.71 bits per heavy atom. The highest BCUT2D eigenvalue weighted by atomic mass is 15.1. The van der Waals surface area contributed by atoms with Gasteiger partial charge in [-0.1, -0.05) is 46.8 Å². The molecule has 0 bridgehead atoms. The third-order valence-electron chi connectivity index (χ3n) is 3.88. The molecule has 0 aliphatic carbocycles. The monoisotopic (exact) mass is 326 g/mol. The lowest BCUT2D eigenvalue weighted by atomic mass is 9.87. The maximum atomic E-state index is 4.56. The second-order valence-electron chi connectivity index (χ2n) is 7.78. The van der Waals surface area contributed by atoms with E-state index < -0.39 is 0 Å². The summed E-state index contributed by atoms with van der Waals surface area (Å²) in [6.45, 7) is 14.0. The topological polar surface area (TPSA) is 49.8 Å². The third kappa shape index (κ3) is 5.52. The Morgan fingerprint density at radius 3 is 2.29 bits per heavy atom. The number of nitrogens with one attached hydrogen (secondary N) is 2. The molecule has 0 aliphatic rings. The van der Waals surface area contributed by atoms with E-state index in [1.165, 1.54) is 5.56 Å². The molecule has 0 spiro atoms. The van der Waals surface area contributed by atoms with E-state index in [9.17, 15) is 0 Å². The summed E-state index contributed by atoms with van der Waals surface area (Å²) >= 11 is 0. The Kier molecular flexibility index (Phi) is 5.81. The van der Waals surface area contributed by atoms with Crippen LogP contribution in [0.1, 0.15) is 52.3 Å². The quantitative estimate of drug-likeness (QED) is 0.758. The van der Waals surface area contributed by atoms with E-state index in [0.29, 0.717) is 11.9 Å². The zero-order valence-corrected chi connectivity index (χ0v) is 15.8. The molecule has 0 unspecified atom stereocenters. The van der Waals surface area contributed by atoms with Gasteiger partial charge in [-0.2, -0.15) is 4.98 Å². The molecule has 24 heavy (non-hydrogen) atoms. The molecule has 4 nitrogen and oxygen atoms in total. The zero-order chi connectivity index (χ0) is 17.7. The van der Waals surface area contributed by atoms with E-state index in [1.807, 2.05) is 13.0 Å². The Morgan fingerprint density at radius 1 is 1.04 bits per heavy atom. The molecule has 130 valence electrons. The van der Waals surface area contributed by atoms with Crippen molar-refractivity contribution >= 4 is 17.5 Å². The summed E-state index contributed by atoms with van der Waals surface area (Å²) in [5.41, 5.74) is 3.47. The molecule has 0 atom stereocenters. The summed E-state index contributed by atoms with van der Waals surface area (Å²) in [6.07, 6.45) is 1.11. The molecule has 2 aromatic rings. The van der Waals surface area contributed by atoms with Gasteiger partial charge in [-0.3, -0.25) is 0 Å². The predicted molar refractivity (Wildman–Crippen MR) is 103 cm³/mol. The third-order valence-corrected chi connectivity index (χ3v) is 3.88. The highest BCUT2D eigenvalue weighted by Crippen LogP contribution is 2.24. The van der Waals surface area contributed by atoms with Gasteiger partial charge in [0.25, 0.3) is 0 Å². The number of aryl methyl sites for hydroxylation is 1. The molecule has 0 aliphatic heterocycles. The van der Waals surface area contributed by atoms with Crippen molar-refractivity contribution < 1.29 is 0 Å².